The molecule has 6 nitrogen and oxygen atoms in total. The summed E-state index contributed by atoms with van der Waals surface area (Å²) in [6.07, 6.45) is 2.90. The van der Waals surface area contributed by atoms with Crippen molar-refractivity contribution in [1.29, 1.82) is 0 Å². The van der Waals surface area contributed by atoms with E-state index < -0.39 is 0 Å². The van der Waals surface area contributed by atoms with E-state index in [-0.39, 0.29) is 23.7 Å². The molecular formula is C21H27N3O3. The summed E-state index contributed by atoms with van der Waals surface area (Å²) in [5.74, 6) is 0.980. The Bertz CT molecular complexity index is 878. The Morgan fingerprint density at radius 1 is 1.41 bits per heavy atom. The van der Waals surface area contributed by atoms with Gasteiger partial charge in [0, 0.05) is 30.3 Å². The molecule has 1 aliphatic heterocycles. The highest BCUT2D eigenvalue weighted by Gasteiger charge is 2.19. The predicted molar refractivity (Wildman–Crippen MR) is 104 cm³/mol. The van der Waals surface area contributed by atoms with Crippen molar-refractivity contribution in [3.05, 3.63) is 56.8 Å². The molecule has 0 saturated carbocycles. The molecule has 2 N–H and O–H groups in total. The van der Waals surface area contributed by atoms with Gasteiger partial charge in [-0.25, -0.2) is 4.79 Å². The van der Waals surface area contributed by atoms with Crippen molar-refractivity contribution in [3.8, 4) is 5.75 Å². The molecule has 2 aromatic rings. The second-order valence-electron chi connectivity index (χ2n) is 7.48. The highest BCUT2D eigenvalue weighted by atomic mass is 16.5. The summed E-state index contributed by atoms with van der Waals surface area (Å²) in [4.78, 5) is 30.3. The Hall–Kier alpha value is -2.63. The van der Waals surface area contributed by atoms with Crippen LogP contribution in [0.5, 0.6) is 5.75 Å². The number of benzene rings is 1. The van der Waals surface area contributed by atoms with Gasteiger partial charge in [-0.05, 0) is 63.3 Å². The standard InChI is InChI=1S/C21H27N3O3/c1-12(9-16-5-7-19-17(11-16)10-13(2)27-19)22-20(25)8-6-18-14(3)23-21(26)24-15(18)4/h5,7,11-13H,6,8-10H2,1-4H3,(H,22,25)(H,23,24,26)/t12-,13?/m1/s1. The molecule has 6 heteroatoms. The monoisotopic (exact) mass is 369 g/mol. The minimum Gasteiger partial charge on any atom is -0.490 e. The molecule has 0 fully saturated rings. The van der Waals surface area contributed by atoms with Gasteiger partial charge in [0.25, 0.3) is 0 Å². The SMILES string of the molecule is Cc1nc(=O)[nH]c(C)c1CCC(=O)N[C@H](C)Cc1ccc2c(c1)CC(C)O2. The third-order valence-electron chi connectivity index (χ3n) is 4.96. The van der Waals surface area contributed by atoms with Crippen molar-refractivity contribution in [1.82, 2.24) is 15.3 Å². The van der Waals surface area contributed by atoms with Crippen molar-refractivity contribution in [2.24, 2.45) is 0 Å². The Labute approximate surface area is 159 Å². The van der Waals surface area contributed by atoms with E-state index >= 15 is 0 Å². The smallest absolute Gasteiger partial charge is 0.345 e. The average Bonchev–Trinajstić information content (AvgIpc) is 2.92. The quantitative estimate of drug-likeness (QED) is 0.819. The van der Waals surface area contributed by atoms with Crippen LogP contribution in [0.4, 0.5) is 0 Å². The number of nitrogens with zero attached hydrogens (tertiary/aromatic N) is 1. The number of carbonyl (C=O) groups is 1. The first kappa shape index (κ1) is 19.1. The van der Waals surface area contributed by atoms with Gasteiger partial charge >= 0.3 is 5.69 Å². The fourth-order valence-corrected chi connectivity index (χ4v) is 3.72. The summed E-state index contributed by atoms with van der Waals surface area (Å²) in [5, 5.41) is 3.06. The zero-order chi connectivity index (χ0) is 19.6. The summed E-state index contributed by atoms with van der Waals surface area (Å²) < 4.78 is 5.73. The minimum absolute atomic E-state index is 0.00520. The van der Waals surface area contributed by atoms with Crippen molar-refractivity contribution in [2.45, 2.75) is 65.5 Å². The van der Waals surface area contributed by atoms with Crippen LogP contribution in [0, 0.1) is 13.8 Å². The average molecular weight is 369 g/mol. The van der Waals surface area contributed by atoms with E-state index in [0.717, 1.165) is 29.8 Å². The van der Waals surface area contributed by atoms with Crippen LogP contribution in [-0.4, -0.2) is 28.0 Å². The Morgan fingerprint density at radius 2 is 2.19 bits per heavy atom. The number of aromatic nitrogens is 2. The number of rotatable bonds is 6. The highest BCUT2D eigenvalue weighted by molar-refractivity contribution is 5.76. The van der Waals surface area contributed by atoms with E-state index in [1.807, 2.05) is 19.9 Å². The fourth-order valence-electron chi connectivity index (χ4n) is 3.72. The second kappa shape index (κ2) is 7.94. The molecule has 1 amide bonds. The molecular weight excluding hydrogens is 342 g/mol. The van der Waals surface area contributed by atoms with Crippen LogP contribution in [0.3, 0.4) is 0 Å². The zero-order valence-electron chi connectivity index (χ0n) is 16.4. The molecule has 1 aromatic heterocycles. The van der Waals surface area contributed by atoms with Gasteiger partial charge in [-0.3, -0.25) is 4.79 Å². The van der Waals surface area contributed by atoms with Gasteiger partial charge in [0.2, 0.25) is 5.91 Å². The lowest BCUT2D eigenvalue weighted by Gasteiger charge is -2.15. The molecule has 0 bridgehead atoms. The lowest BCUT2D eigenvalue weighted by molar-refractivity contribution is -0.121. The Morgan fingerprint density at radius 3 is 2.93 bits per heavy atom. The summed E-state index contributed by atoms with van der Waals surface area (Å²) in [6.45, 7) is 7.73. The van der Waals surface area contributed by atoms with Gasteiger partial charge < -0.3 is 15.0 Å². The zero-order valence-corrected chi connectivity index (χ0v) is 16.4. The maximum absolute atomic E-state index is 12.3. The first-order chi connectivity index (χ1) is 12.8. The molecule has 1 aromatic carbocycles. The molecule has 0 radical (unpaired) electrons. The van der Waals surface area contributed by atoms with Gasteiger partial charge in [-0.2, -0.15) is 4.98 Å². The number of aryl methyl sites for hydroxylation is 2. The van der Waals surface area contributed by atoms with E-state index in [9.17, 15) is 9.59 Å². The number of aromatic amines is 1. The summed E-state index contributed by atoms with van der Waals surface area (Å²) >= 11 is 0. The first-order valence-corrected chi connectivity index (χ1v) is 9.46. The first-order valence-electron chi connectivity index (χ1n) is 9.46. The topological polar surface area (TPSA) is 84.1 Å². The van der Waals surface area contributed by atoms with E-state index in [1.165, 1.54) is 11.1 Å². The number of nitrogens with one attached hydrogen (secondary N) is 2. The van der Waals surface area contributed by atoms with E-state index in [0.29, 0.717) is 18.5 Å². The summed E-state index contributed by atoms with van der Waals surface area (Å²) in [6, 6.07) is 6.32. The number of ether oxygens (including phenoxy) is 1. The summed E-state index contributed by atoms with van der Waals surface area (Å²) in [7, 11) is 0. The normalized spacial score (nSPS) is 16.5. The number of carbonyl (C=O) groups excluding carboxylic acids is 1. The molecule has 1 unspecified atom stereocenters. The van der Waals surface area contributed by atoms with Gasteiger partial charge in [0.1, 0.15) is 11.9 Å². The third kappa shape index (κ3) is 4.76. The van der Waals surface area contributed by atoms with Crippen LogP contribution in [0.15, 0.2) is 23.0 Å². The Balaban J connectivity index is 1.53. The van der Waals surface area contributed by atoms with Gasteiger partial charge in [-0.15, -0.1) is 0 Å². The summed E-state index contributed by atoms with van der Waals surface area (Å²) in [5.41, 5.74) is 4.51. The third-order valence-corrected chi connectivity index (χ3v) is 4.96. The molecule has 1 aliphatic rings. The number of hydrogen-bond donors (Lipinski definition) is 2. The van der Waals surface area contributed by atoms with Crippen LogP contribution in [0.2, 0.25) is 0 Å². The number of H-pyrrole nitrogens is 1. The number of amides is 1. The van der Waals surface area contributed by atoms with Crippen molar-refractivity contribution >= 4 is 5.91 Å². The fraction of sp³-hybridized carbons (Fsp3) is 0.476. The second-order valence-corrected chi connectivity index (χ2v) is 7.48. The van der Waals surface area contributed by atoms with E-state index in [2.05, 4.69) is 34.3 Å². The van der Waals surface area contributed by atoms with Crippen LogP contribution in [0.25, 0.3) is 0 Å². The highest BCUT2D eigenvalue weighted by Crippen LogP contribution is 2.29. The van der Waals surface area contributed by atoms with E-state index in [4.69, 9.17) is 4.74 Å². The molecule has 2 heterocycles. The maximum atomic E-state index is 12.3. The lowest BCUT2D eigenvalue weighted by atomic mass is 10.0. The van der Waals surface area contributed by atoms with Crippen molar-refractivity contribution < 1.29 is 9.53 Å². The molecule has 144 valence electrons. The number of fused-ring (bicyclic) bond motifs is 1. The predicted octanol–water partition coefficient (Wildman–Crippen LogP) is 2.39. The van der Waals surface area contributed by atoms with Crippen molar-refractivity contribution in [2.75, 3.05) is 0 Å². The van der Waals surface area contributed by atoms with E-state index in [1.54, 1.807) is 6.92 Å². The molecule has 0 saturated heterocycles. The molecule has 27 heavy (non-hydrogen) atoms. The van der Waals surface area contributed by atoms with Crippen LogP contribution in [-0.2, 0) is 24.1 Å². The van der Waals surface area contributed by atoms with Crippen molar-refractivity contribution in [3.63, 3.8) is 0 Å². The van der Waals surface area contributed by atoms with Crippen LogP contribution >= 0.6 is 0 Å². The van der Waals surface area contributed by atoms with Crippen LogP contribution in [0.1, 0.15) is 48.3 Å². The lowest BCUT2D eigenvalue weighted by Crippen LogP contribution is -2.34. The maximum Gasteiger partial charge on any atom is 0.345 e. The van der Waals surface area contributed by atoms with Gasteiger partial charge in [0.05, 0.1) is 0 Å². The Kier molecular flexibility index (Phi) is 5.63. The molecule has 0 aliphatic carbocycles. The molecule has 3 rings (SSSR count). The molecule has 2 atom stereocenters. The van der Waals surface area contributed by atoms with Gasteiger partial charge in [-0.1, -0.05) is 12.1 Å². The minimum atomic E-state index is -0.346. The van der Waals surface area contributed by atoms with Crippen LogP contribution < -0.4 is 15.7 Å². The largest absolute Gasteiger partial charge is 0.490 e. The van der Waals surface area contributed by atoms with Gasteiger partial charge in [0.15, 0.2) is 0 Å². The number of hydrogen-bond acceptors (Lipinski definition) is 4. The molecule has 0 spiro atoms.